The van der Waals surface area contributed by atoms with E-state index in [1.807, 2.05) is 43.0 Å². The molecule has 1 saturated heterocycles. The number of rotatable bonds is 8. The van der Waals surface area contributed by atoms with E-state index < -0.39 is 23.1 Å². The largest absolute Gasteiger partial charge is 0.374 e. The summed E-state index contributed by atoms with van der Waals surface area (Å²) in [6.07, 6.45) is 0.176. The van der Waals surface area contributed by atoms with Crippen molar-refractivity contribution in [2.75, 3.05) is 32.7 Å². The van der Waals surface area contributed by atoms with Crippen LogP contribution in [0.3, 0.4) is 0 Å². The fourth-order valence-electron chi connectivity index (χ4n) is 3.45. The van der Waals surface area contributed by atoms with Gasteiger partial charge in [-0.15, -0.1) is 0 Å². The maximum Gasteiger partial charge on any atom is 0.259 e. The van der Waals surface area contributed by atoms with Crippen LogP contribution in [0.2, 0.25) is 0 Å². The lowest BCUT2D eigenvalue weighted by molar-refractivity contribution is -0.122. The van der Waals surface area contributed by atoms with Gasteiger partial charge in [0.2, 0.25) is 5.91 Å². The molecule has 0 aliphatic carbocycles. The second kappa shape index (κ2) is 11.2. The van der Waals surface area contributed by atoms with Crippen LogP contribution < -0.4 is 5.32 Å². The molecule has 0 unspecified atom stereocenters. The first-order chi connectivity index (χ1) is 15.3. The molecule has 0 radical (unpaired) electrons. The van der Waals surface area contributed by atoms with E-state index in [1.54, 1.807) is 0 Å². The maximum absolute atomic E-state index is 13.9. The Morgan fingerprint density at radius 3 is 2.16 bits per heavy atom. The summed E-state index contributed by atoms with van der Waals surface area (Å²) in [5.74, 6) is -2.50. The molecule has 0 spiro atoms. The Hall–Kier alpha value is -2.84. The van der Waals surface area contributed by atoms with Gasteiger partial charge in [0, 0.05) is 32.7 Å². The summed E-state index contributed by atoms with van der Waals surface area (Å²) in [6, 6.07) is 11.3. The van der Waals surface area contributed by atoms with Crippen molar-refractivity contribution in [2.24, 2.45) is 0 Å². The molecular formula is C24H29F2N3O3. The minimum atomic E-state index is -0.864. The number of nitrogens with one attached hydrogen (secondary N) is 1. The van der Waals surface area contributed by atoms with Crippen molar-refractivity contribution in [1.29, 1.82) is 0 Å². The number of nitrogens with zero attached hydrogens (tertiary/aromatic N) is 2. The van der Waals surface area contributed by atoms with Crippen LogP contribution >= 0.6 is 0 Å². The lowest BCUT2D eigenvalue weighted by Gasteiger charge is -2.34. The monoisotopic (exact) mass is 445 g/mol. The van der Waals surface area contributed by atoms with Crippen LogP contribution in [0.5, 0.6) is 0 Å². The second-order valence-corrected chi connectivity index (χ2v) is 8.12. The standard InChI is InChI=1S/C24H29F2N3O3/c1-17(2)32-16-19-8-6-18(7-9-19)14-27-22(30)15-28-10-12-29(13-11-28)24(31)23-20(25)4-3-5-21(23)26/h3-9,17H,10-16H2,1-2H3,(H,27,30). The molecule has 0 aromatic heterocycles. The van der Waals surface area contributed by atoms with Gasteiger partial charge >= 0.3 is 0 Å². The summed E-state index contributed by atoms with van der Waals surface area (Å²) in [5.41, 5.74) is 1.55. The zero-order valence-corrected chi connectivity index (χ0v) is 18.4. The van der Waals surface area contributed by atoms with E-state index in [1.165, 1.54) is 11.0 Å². The van der Waals surface area contributed by atoms with Crippen LogP contribution in [-0.4, -0.2) is 60.4 Å². The lowest BCUT2D eigenvalue weighted by atomic mass is 10.1. The van der Waals surface area contributed by atoms with Gasteiger partial charge in [-0.05, 0) is 37.1 Å². The second-order valence-electron chi connectivity index (χ2n) is 8.12. The topological polar surface area (TPSA) is 61.9 Å². The predicted octanol–water partition coefficient (Wildman–Crippen LogP) is 2.96. The minimum absolute atomic E-state index is 0.114. The Labute approximate surface area is 187 Å². The first kappa shape index (κ1) is 23.8. The molecule has 1 N–H and O–H groups in total. The van der Waals surface area contributed by atoms with Gasteiger partial charge in [0.1, 0.15) is 17.2 Å². The quantitative estimate of drug-likeness (QED) is 0.679. The normalized spacial score (nSPS) is 14.6. The van der Waals surface area contributed by atoms with E-state index in [9.17, 15) is 18.4 Å². The van der Waals surface area contributed by atoms with Crippen LogP contribution in [-0.2, 0) is 22.7 Å². The molecular weight excluding hydrogens is 416 g/mol. The van der Waals surface area contributed by atoms with Crippen LogP contribution in [0.4, 0.5) is 8.78 Å². The Kier molecular flexibility index (Phi) is 8.30. The number of halogens is 2. The number of hydrogen-bond acceptors (Lipinski definition) is 4. The Morgan fingerprint density at radius 2 is 1.56 bits per heavy atom. The first-order valence-electron chi connectivity index (χ1n) is 10.7. The zero-order chi connectivity index (χ0) is 23.1. The van der Waals surface area contributed by atoms with Crippen molar-refractivity contribution in [2.45, 2.75) is 33.1 Å². The molecule has 1 aliphatic heterocycles. The molecule has 1 fully saturated rings. The smallest absolute Gasteiger partial charge is 0.259 e. The number of hydrogen-bond donors (Lipinski definition) is 1. The van der Waals surface area contributed by atoms with Gasteiger partial charge in [0.15, 0.2) is 0 Å². The molecule has 6 nitrogen and oxygen atoms in total. The summed E-state index contributed by atoms with van der Waals surface area (Å²) in [4.78, 5) is 28.1. The summed E-state index contributed by atoms with van der Waals surface area (Å²) >= 11 is 0. The predicted molar refractivity (Wildman–Crippen MR) is 117 cm³/mol. The Balaban J connectivity index is 1.41. The van der Waals surface area contributed by atoms with E-state index in [0.717, 1.165) is 23.3 Å². The van der Waals surface area contributed by atoms with Crippen LogP contribution in [0.15, 0.2) is 42.5 Å². The van der Waals surface area contributed by atoms with Gasteiger partial charge in [0.25, 0.3) is 5.91 Å². The molecule has 3 rings (SSSR count). The number of ether oxygens (including phenoxy) is 1. The molecule has 172 valence electrons. The van der Waals surface area contributed by atoms with Gasteiger partial charge in [-0.2, -0.15) is 0 Å². The average Bonchev–Trinajstić information content (AvgIpc) is 2.77. The molecule has 0 atom stereocenters. The fraction of sp³-hybridized carbons (Fsp3) is 0.417. The molecule has 0 bridgehead atoms. The number of piperazine rings is 1. The van der Waals surface area contributed by atoms with Gasteiger partial charge < -0.3 is 15.0 Å². The Morgan fingerprint density at radius 1 is 0.969 bits per heavy atom. The maximum atomic E-state index is 13.9. The zero-order valence-electron chi connectivity index (χ0n) is 18.4. The van der Waals surface area contributed by atoms with E-state index in [0.29, 0.717) is 39.3 Å². The molecule has 0 saturated carbocycles. The number of benzene rings is 2. The van der Waals surface area contributed by atoms with Gasteiger partial charge in [-0.25, -0.2) is 8.78 Å². The van der Waals surface area contributed by atoms with E-state index in [2.05, 4.69) is 5.32 Å². The molecule has 8 heteroatoms. The number of carbonyl (C=O) groups is 2. The summed E-state index contributed by atoms with van der Waals surface area (Å²) in [5, 5.41) is 2.90. The molecule has 1 heterocycles. The first-order valence-corrected chi connectivity index (χ1v) is 10.7. The minimum Gasteiger partial charge on any atom is -0.374 e. The van der Waals surface area contributed by atoms with Crippen molar-refractivity contribution in [3.05, 3.63) is 70.8 Å². The highest BCUT2D eigenvalue weighted by atomic mass is 19.1. The highest BCUT2D eigenvalue weighted by Gasteiger charge is 2.27. The van der Waals surface area contributed by atoms with E-state index in [4.69, 9.17) is 4.74 Å². The highest BCUT2D eigenvalue weighted by Crippen LogP contribution is 2.16. The summed E-state index contributed by atoms with van der Waals surface area (Å²) in [7, 11) is 0. The van der Waals surface area contributed by atoms with Crippen molar-refractivity contribution in [3.63, 3.8) is 0 Å². The molecule has 2 aromatic carbocycles. The van der Waals surface area contributed by atoms with E-state index >= 15 is 0 Å². The average molecular weight is 446 g/mol. The molecule has 1 aliphatic rings. The third-order valence-electron chi connectivity index (χ3n) is 5.30. The number of carbonyl (C=O) groups excluding carboxylic acids is 2. The van der Waals surface area contributed by atoms with Crippen LogP contribution in [0.25, 0.3) is 0 Å². The van der Waals surface area contributed by atoms with Crippen molar-refractivity contribution < 1.29 is 23.1 Å². The van der Waals surface area contributed by atoms with Crippen LogP contribution in [0, 0.1) is 11.6 Å². The summed E-state index contributed by atoms with van der Waals surface area (Å²) < 4.78 is 33.3. The van der Waals surface area contributed by atoms with Crippen LogP contribution in [0.1, 0.15) is 35.3 Å². The lowest BCUT2D eigenvalue weighted by Crippen LogP contribution is -2.51. The molecule has 2 aromatic rings. The number of amides is 2. The van der Waals surface area contributed by atoms with Gasteiger partial charge in [-0.1, -0.05) is 30.3 Å². The van der Waals surface area contributed by atoms with E-state index in [-0.39, 0.29) is 18.6 Å². The highest BCUT2D eigenvalue weighted by molar-refractivity contribution is 5.94. The van der Waals surface area contributed by atoms with Gasteiger partial charge in [0.05, 0.1) is 19.3 Å². The van der Waals surface area contributed by atoms with Crippen molar-refractivity contribution >= 4 is 11.8 Å². The van der Waals surface area contributed by atoms with Crippen molar-refractivity contribution in [1.82, 2.24) is 15.1 Å². The third kappa shape index (κ3) is 6.58. The van der Waals surface area contributed by atoms with Gasteiger partial charge in [-0.3, -0.25) is 14.5 Å². The Bertz CT molecular complexity index is 906. The fourth-order valence-corrected chi connectivity index (χ4v) is 3.45. The molecule has 32 heavy (non-hydrogen) atoms. The summed E-state index contributed by atoms with van der Waals surface area (Å²) in [6.45, 7) is 6.70. The third-order valence-corrected chi connectivity index (χ3v) is 5.30. The van der Waals surface area contributed by atoms with Crippen molar-refractivity contribution in [3.8, 4) is 0 Å². The SMILES string of the molecule is CC(C)OCc1ccc(CNC(=O)CN2CCN(C(=O)c3c(F)cccc3F)CC2)cc1. The molecule has 2 amide bonds.